The van der Waals surface area contributed by atoms with Crippen molar-refractivity contribution in [2.24, 2.45) is 50.2 Å². The Hall–Kier alpha value is -0.980. The van der Waals surface area contributed by atoms with Gasteiger partial charge in [0.1, 0.15) is 67.1 Å². The average Bonchev–Trinajstić information content (AvgIpc) is 3.55. The minimum absolute atomic E-state index is 0.0325. The van der Waals surface area contributed by atoms with Gasteiger partial charge in [0.15, 0.2) is 18.9 Å². The maximum Gasteiger partial charge on any atom is 0.187 e. The van der Waals surface area contributed by atoms with Crippen molar-refractivity contribution < 1.29 is 89.3 Å². The third-order valence-electron chi connectivity index (χ3n) is 20.0. The smallest absolute Gasteiger partial charge is 0.187 e. The molecule has 4 saturated carbocycles. The summed E-state index contributed by atoms with van der Waals surface area (Å²) in [5.74, 6) is 0.277. The maximum absolute atomic E-state index is 12.2. The van der Waals surface area contributed by atoms with Crippen molar-refractivity contribution in [3.8, 4) is 0 Å². The third-order valence-corrected chi connectivity index (χ3v) is 20.0. The summed E-state index contributed by atoms with van der Waals surface area (Å²) in [5, 5.41) is 120. The van der Waals surface area contributed by atoms with Gasteiger partial charge in [0.05, 0.1) is 50.3 Å². The molecule has 0 aromatic rings. The quantitative estimate of drug-likeness (QED) is 0.104. The lowest BCUT2D eigenvalue weighted by Crippen LogP contribution is -2.72. The van der Waals surface area contributed by atoms with Crippen LogP contribution in [0.4, 0.5) is 0 Å². The Kier molecular flexibility index (Phi) is 12.9. The lowest BCUT2D eigenvalue weighted by molar-refractivity contribution is -0.391. The zero-order chi connectivity index (χ0) is 47.9. The van der Waals surface area contributed by atoms with Crippen LogP contribution < -0.4 is 0 Å². The zero-order valence-corrected chi connectivity index (χ0v) is 39.5. The number of allylic oxidation sites excluding steroid dienone is 1. The molecule has 18 nitrogen and oxygen atoms in total. The molecule has 9 aliphatic rings. The molecule has 26 atom stereocenters. The highest BCUT2D eigenvalue weighted by Gasteiger charge is 2.79. The van der Waals surface area contributed by atoms with E-state index in [0.29, 0.717) is 19.4 Å². The van der Waals surface area contributed by atoms with Crippen LogP contribution in [0.2, 0.25) is 0 Å². The highest BCUT2D eigenvalue weighted by Crippen LogP contribution is 2.79. The molecule has 0 radical (unpaired) electrons. The Morgan fingerprint density at radius 1 is 0.606 bits per heavy atom. The predicted octanol–water partition coefficient (Wildman–Crippen LogP) is -0.399. The molecular formula is C48H78O18. The normalized spacial score (nSPS) is 58.8. The van der Waals surface area contributed by atoms with Crippen LogP contribution in [-0.4, -0.2) is 193 Å². The summed E-state index contributed by atoms with van der Waals surface area (Å²) in [7, 11) is 0. The SMILES string of the molecule is C[C@H]1O[C@@H](O[C@H]2CC[C@@]3(C)C(CC[C@]4(C)C3C=C[C@]35OC[C@@]6(CCC(C)(C)CC63)[C@@H](O)C[C@]54C)[C@]2(C)CO)[C@H](O)[C@@H](O[C@@H]2O[C@H](CO)[C@@H](O)[C@H](O)[C@H]2O[C@@H]2O[C@H](CO)[C@@H](O)[C@H](O)[C@H]2O)[C@H]1O. The molecule has 3 unspecified atom stereocenters. The number of ether oxygens (including phenoxy) is 7. The first-order valence-corrected chi connectivity index (χ1v) is 24.5. The minimum Gasteiger partial charge on any atom is -0.396 e. The van der Waals surface area contributed by atoms with Gasteiger partial charge in [-0.15, -0.1) is 0 Å². The standard InChI is InChI=1S/C48H78O18/c1-22-30(53)37(65-41-38(34(57)32(55)24(19-50)63-41)66-39-35(58)33(56)31(54)23(18-49)62-39)36(59)40(61-22)64-29-10-11-43(4)25(44(29,5)20-51)8-12-45(6)26(43)9-13-48-27-16-42(2,3)14-15-47(27,21-60-48)28(52)17-46(45,48)7/h9,13,22-41,49-59H,8,10-12,14-21H2,1-7H3/t22-,23-,24-,25?,26?,27?,28+,29+,30+,31-,32-,33+,34+,35-,36-,37+,38-,39+,40+,41+,43+,44+,45-,46+,47-,48+/m1/s1. The summed E-state index contributed by atoms with van der Waals surface area (Å²) in [5.41, 5.74) is -2.28. The van der Waals surface area contributed by atoms with Crippen LogP contribution in [0.15, 0.2) is 12.2 Å². The third kappa shape index (κ3) is 7.01. The Labute approximate surface area is 387 Å². The second-order valence-corrected chi connectivity index (χ2v) is 23.8. The second kappa shape index (κ2) is 17.1. The number of aliphatic hydroxyl groups is 11. The number of rotatable bonds is 9. The van der Waals surface area contributed by atoms with E-state index >= 15 is 0 Å². The molecule has 66 heavy (non-hydrogen) atoms. The van der Waals surface area contributed by atoms with Crippen molar-refractivity contribution >= 4 is 0 Å². The van der Waals surface area contributed by atoms with Crippen LogP contribution >= 0.6 is 0 Å². The molecule has 4 saturated heterocycles. The summed E-state index contributed by atoms with van der Waals surface area (Å²) >= 11 is 0. The van der Waals surface area contributed by atoms with E-state index in [2.05, 4.69) is 46.8 Å². The predicted molar refractivity (Wildman–Crippen MR) is 229 cm³/mol. The summed E-state index contributed by atoms with van der Waals surface area (Å²) in [6.07, 6.45) is -14.0. The van der Waals surface area contributed by atoms with Crippen molar-refractivity contribution in [2.45, 2.75) is 210 Å². The fourth-order valence-corrected chi connectivity index (χ4v) is 15.8. The highest BCUT2D eigenvalue weighted by molar-refractivity contribution is 5.36. The number of hydrogen-bond donors (Lipinski definition) is 11. The van der Waals surface area contributed by atoms with Gasteiger partial charge < -0.3 is 89.3 Å². The first-order chi connectivity index (χ1) is 30.9. The number of hydrogen-bond acceptors (Lipinski definition) is 18. The number of aliphatic hydroxyl groups excluding tert-OH is 11. The van der Waals surface area contributed by atoms with Crippen molar-refractivity contribution in [1.82, 2.24) is 0 Å². The molecule has 0 amide bonds. The summed E-state index contributed by atoms with van der Waals surface area (Å²) in [4.78, 5) is 0. The summed E-state index contributed by atoms with van der Waals surface area (Å²) < 4.78 is 43.3. The minimum atomic E-state index is -1.90. The Morgan fingerprint density at radius 3 is 1.91 bits per heavy atom. The molecule has 9 rings (SSSR count). The van der Waals surface area contributed by atoms with Crippen LogP contribution in [0.5, 0.6) is 0 Å². The van der Waals surface area contributed by atoms with E-state index in [-0.39, 0.29) is 51.4 Å². The van der Waals surface area contributed by atoms with E-state index < -0.39 is 129 Å². The fourth-order valence-electron chi connectivity index (χ4n) is 15.8. The van der Waals surface area contributed by atoms with Gasteiger partial charge in [0.25, 0.3) is 0 Å². The Balaban J connectivity index is 0.953. The van der Waals surface area contributed by atoms with Crippen molar-refractivity contribution in [1.29, 1.82) is 0 Å². The van der Waals surface area contributed by atoms with Gasteiger partial charge in [-0.2, -0.15) is 0 Å². The molecule has 8 fully saturated rings. The molecule has 0 aromatic heterocycles. The molecule has 4 heterocycles. The first kappa shape index (κ1) is 50.0. The van der Waals surface area contributed by atoms with E-state index in [4.69, 9.17) is 33.2 Å². The van der Waals surface area contributed by atoms with Crippen LogP contribution in [-0.2, 0) is 33.2 Å². The Morgan fingerprint density at radius 2 is 1.24 bits per heavy atom. The second-order valence-electron chi connectivity index (χ2n) is 23.8. The molecule has 2 bridgehead atoms. The van der Waals surface area contributed by atoms with E-state index in [1.165, 1.54) is 0 Å². The molecule has 5 aliphatic carbocycles. The van der Waals surface area contributed by atoms with E-state index in [9.17, 15) is 56.2 Å². The van der Waals surface area contributed by atoms with Crippen molar-refractivity contribution in [3.63, 3.8) is 0 Å². The maximum atomic E-state index is 12.2. The van der Waals surface area contributed by atoms with Crippen LogP contribution in [0.3, 0.4) is 0 Å². The number of fused-ring (bicyclic) bond motifs is 4. The van der Waals surface area contributed by atoms with Gasteiger partial charge >= 0.3 is 0 Å². The largest absolute Gasteiger partial charge is 0.396 e. The van der Waals surface area contributed by atoms with Crippen LogP contribution in [0, 0.1) is 50.2 Å². The topological polar surface area (TPSA) is 287 Å². The van der Waals surface area contributed by atoms with Gasteiger partial charge in [-0.25, -0.2) is 0 Å². The zero-order valence-electron chi connectivity index (χ0n) is 39.5. The molecule has 11 N–H and O–H groups in total. The van der Waals surface area contributed by atoms with Crippen molar-refractivity contribution in [2.75, 3.05) is 26.4 Å². The van der Waals surface area contributed by atoms with Gasteiger partial charge in [-0.05, 0) is 86.4 Å². The van der Waals surface area contributed by atoms with Crippen LogP contribution in [0.1, 0.15) is 99.8 Å². The van der Waals surface area contributed by atoms with Gasteiger partial charge in [0.2, 0.25) is 0 Å². The van der Waals surface area contributed by atoms with Gasteiger partial charge in [-0.1, -0.05) is 53.7 Å². The van der Waals surface area contributed by atoms with E-state index in [1.807, 2.05) is 6.92 Å². The monoisotopic (exact) mass is 943 g/mol. The molecular weight excluding hydrogens is 865 g/mol. The first-order valence-electron chi connectivity index (χ1n) is 24.5. The van der Waals surface area contributed by atoms with E-state index in [0.717, 1.165) is 38.5 Å². The molecule has 378 valence electrons. The van der Waals surface area contributed by atoms with Gasteiger partial charge in [0, 0.05) is 22.2 Å². The fraction of sp³-hybridized carbons (Fsp3) is 0.958. The lowest BCUT2D eigenvalue weighted by Gasteiger charge is -2.73. The molecule has 18 heteroatoms. The van der Waals surface area contributed by atoms with E-state index in [1.54, 1.807) is 6.92 Å². The summed E-state index contributed by atoms with van der Waals surface area (Å²) in [6, 6.07) is 0. The highest BCUT2D eigenvalue weighted by atomic mass is 16.8. The lowest BCUT2D eigenvalue weighted by atomic mass is 9.32. The average molecular weight is 943 g/mol. The van der Waals surface area contributed by atoms with Crippen LogP contribution in [0.25, 0.3) is 0 Å². The molecule has 4 aliphatic heterocycles. The molecule has 0 aromatic carbocycles. The Bertz CT molecular complexity index is 1800. The summed E-state index contributed by atoms with van der Waals surface area (Å²) in [6.45, 7) is 14.2. The van der Waals surface area contributed by atoms with Gasteiger partial charge in [-0.3, -0.25) is 0 Å². The molecule has 1 spiro atoms. The van der Waals surface area contributed by atoms with Crippen molar-refractivity contribution in [3.05, 3.63) is 12.2 Å².